The second kappa shape index (κ2) is 7.28. The zero-order chi connectivity index (χ0) is 19.5. The summed E-state index contributed by atoms with van der Waals surface area (Å²) in [7, 11) is 0. The number of carbonyl (C=O) groups excluding carboxylic acids is 1. The van der Waals surface area contributed by atoms with E-state index in [9.17, 15) is 9.90 Å². The van der Waals surface area contributed by atoms with Crippen molar-refractivity contribution in [3.05, 3.63) is 53.0 Å². The van der Waals surface area contributed by atoms with Gasteiger partial charge in [-0.25, -0.2) is 10.1 Å². The van der Waals surface area contributed by atoms with Crippen LogP contribution in [0.5, 0.6) is 5.75 Å². The second-order valence-corrected chi connectivity index (χ2v) is 6.39. The maximum absolute atomic E-state index is 12.6. The van der Waals surface area contributed by atoms with Crippen LogP contribution >= 0.6 is 11.3 Å². The molecule has 4 rings (SSSR count). The van der Waals surface area contributed by atoms with Crippen molar-refractivity contribution < 1.29 is 14.5 Å². The third-order valence-electron chi connectivity index (χ3n) is 3.59. The largest absolute Gasteiger partial charge is 0.508 e. The first-order chi connectivity index (χ1) is 13.6. The number of nitrogens with one attached hydrogen (secondary N) is 1. The smallest absolute Gasteiger partial charge is 0.294 e. The van der Waals surface area contributed by atoms with Crippen molar-refractivity contribution in [2.24, 2.45) is 5.10 Å². The van der Waals surface area contributed by atoms with Crippen molar-refractivity contribution in [2.75, 3.05) is 5.73 Å². The third kappa shape index (κ3) is 3.31. The lowest BCUT2D eigenvalue weighted by atomic mass is 10.2. The number of anilines is 1. The van der Waals surface area contributed by atoms with Crippen molar-refractivity contribution in [1.82, 2.24) is 30.7 Å². The molecule has 4 aromatic rings. The molecule has 12 heteroatoms. The Labute approximate surface area is 161 Å². The normalized spacial score (nSPS) is 11.1. The van der Waals surface area contributed by atoms with Gasteiger partial charge in [0.25, 0.3) is 5.91 Å². The maximum atomic E-state index is 12.6. The number of nitrogens with two attached hydrogens (primary N) is 1. The Bertz CT molecular complexity index is 1150. The van der Waals surface area contributed by atoms with Crippen LogP contribution in [0.1, 0.15) is 16.1 Å². The highest BCUT2D eigenvalue weighted by atomic mass is 32.1. The Morgan fingerprint density at radius 2 is 2.21 bits per heavy atom. The van der Waals surface area contributed by atoms with E-state index in [0.29, 0.717) is 11.3 Å². The number of thiophene rings is 1. The topological polar surface area (TPSA) is 157 Å². The maximum Gasteiger partial charge on any atom is 0.294 e. The highest BCUT2D eigenvalue weighted by molar-refractivity contribution is 7.13. The second-order valence-electron chi connectivity index (χ2n) is 5.44. The molecule has 1 amide bonds. The van der Waals surface area contributed by atoms with Gasteiger partial charge in [-0.05, 0) is 39.5 Å². The summed E-state index contributed by atoms with van der Waals surface area (Å²) in [5, 5.41) is 30.3. The van der Waals surface area contributed by atoms with E-state index >= 15 is 0 Å². The van der Waals surface area contributed by atoms with Gasteiger partial charge >= 0.3 is 0 Å². The van der Waals surface area contributed by atoms with Crippen LogP contribution in [0.3, 0.4) is 0 Å². The van der Waals surface area contributed by atoms with E-state index in [1.165, 1.54) is 34.4 Å². The van der Waals surface area contributed by atoms with E-state index in [4.69, 9.17) is 5.73 Å². The average molecular weight is 396 g/mol. The first-order valence-corrected chi connectivity index (χ1v) is 8.72. The van der Waals surface area contributed by atoms with Crippen LogP contribution < -0.4 is 11.2 Å². The molecule has 0 saturated heterocycles. The van der Waals surface area contributed by atoms with Crippen molar-refractivity contribution in [1.29, 1.82) is 0 Å². The number of phenolic OH excluding ortho intramolecular Hbond substituents is 1. The summed E-state index contributed by atoms with van der Waals surface area (Å²) in [6.07, 6.45) is 1.40. The van der Waals surface area contributed by atoms with Crippen molar-refractivity contribution in [3.63, 3.8) is 0 Å². The fourth-order valence-electron chi connectivity index (χ4n) is 2.38. The van der Waals surface area contributed by atoms with E-state index in [-0.39, 0.29) is 23.1 Å². The molecule has 1 aromatic carbocycles. The van der Waals surface area contributed by atoms with E-state index in [0.717, 1.165) is 4.88 Å². The standard InChI is InChI=1S/C16H12N8O3S/c17-14-15(22-27-21-14)24-13(11-5-2-6-28-11)12(19-23-24)16(26)20-18-8-9-3-1-4-10(25)7-9/h1-8,25H,(H2,17,21)(H,20,26)/b18-8+. The molecule has 0 unspecified atom stereocenters. The molecule has 11 nitrogen and oxygen atoms in total. The molecule has 0 aliphatic heterocycles. The van der Waals surface area contributed by atoms with Gasteiger partial charge in [-0.1, -0.05) is 23.4 Å². The molecule has 28 heavy (non-hydrogen) atoms. The summed E-state index contributed by atoms with van der Waals surface area (Å²) in [5.41, 5.74) is 9.15. The van der Waals surface area contributed by atoms with Crippen molar-refractivity contribution in [3.8, 4) is 22.1 Å². The summed E-state index contributed by atoms with van der Waals surface area (Å²) in [5.74, 6) is -0.354. The van der Waals surface area contributed by atoms with Crippen LogP contribution in [-0.4, -0.2) is 42.5 Å². The number of hydrogen-bond acceptors (Lipinski definition) is 10. The molecule has 4 N–H and O–H groups in total. The predicted octanol–water partition coefficient (Wildman–Crippen LogP) is 1.43. The molecular formula is C16H12N8O3S. The summed E-state index contributed by atoms with van der Waals surface area (Å²) >= 11 is 1.39. The molecule has 0 bridgehead atoms. The van der Waals surface area contributed by atoms with Crippen LogP contribution in [0.2, 0.25) is 0 Å². The predicted molar refractivity (Wildman–Crippen MR) is 100 cm³/mol. The zero-order valence-electron chi connectivity index (χ0n) is 14.1. The molecule has 3 aromatic heterocycles. The number of nitrogens with zero attached hydrogens (tertiary/aromatic N) is 6. The molecule has 0 saturated carbocycles. The lowest BCUT2D eigenvalue weighted by molar-refractivity contribution is 0.0951. The minimum atomic E-state index is -0.582. The number of aromatic hydroxyl groups is 1. The summed E-state index contributed by atoms with van der Waals surface area (Å²) in [4.78, 5) is 13.3. The van der Waals surface area contributed by atoms with E-state index in [1.807, 2.05) is 11.4 Å². The Balaban J connectivity index is 1.65. The molecule has 0 aliphatic rings. The van der Waals surface area contributed by atoms with Gasteiger partial charge in [0.05, 0.1) is 11.1 Å². The molecule has 3 heterocycles. The number of amides is 1. The SMILES string of the molecule is Nc1nonc1-n1nnc(C(=O)N/N=C/c2cccc(O)c2)c1-c1cccs1. The number of phenols is 1. The molecule has 0 radical (unpaired) electrons. The van der Waals surface area contributed by atoms with Crippen LogP contribution in [-0.2, 0) is 0 Å². The molecule has 0 atom stereocenters. The number of nitrogen functional groups attached to an aromatic ring is 1. The molecular weight excluding hydrogens is 384 g/mol. The van der Waals surface area contributed by atoms with Crippen LogP contribution in [0, 0.1) is 0 Å². The molecule has 0 spiro atoms. The number of rotatable bonds is 5. The van der Waals surface area contributed by atoms with E-state index in [2.05, 4.69) is 35.8 Å². The fourth-order valence-corrected chi connectivity index (χ4v) is 3.13. The van der Waals surface area contributed by atoms with Crippen molar-refractivity contribution >= 4 is 29.3 Å². The first kappa shape index (κ1) is 17.4. The van der Waals surface area contributed by atoms with Gasteiger partial charge in [0.15, 0.2) is 5.69 Å². The monoisotopic (exact) mass is 396 g/mol. The lowest BCUT2D eigenvalue weighted by Gasteiger charge is -2.03. The van der Waals surface area contributed by atoms with Crippen molar-refractivity contribution in [2.45, 2.75) is 0 Å². The first-order valence-electron chi connectivity index (χ1n) is 7.84. The molecule has 140 valence electrons. The minimum absolute atomic E-state index is 0.0107. The van der Waals surface area contributed by atoms with Crippen LogP contribution in [0.25, 0.3) is 16.4 Å². The van der Waals surface area contributed by atoms with Gasteiger partial charge < -0.3 is 10.8 Å². The summed E-state index contributed by atoms with van der Waals surface area (Å²) < 4.78 is 5.89. The van der Waals surface area contributed by atoms with Gasteiger partial charge in [0, 0.05) is 0 Å². The number of hydrogen-bond donors (Lipinski definition) is 3. The van der Waals surface area contributed by atoms with Gasteiger partial charge in [-0.15, -0.1) is 16.4 Å². The fraction of sp³-hybridized carbons (Fsp3) is 0. The number of carbonyl (C=O) groups is 1. The number of hydrazone groups is 1. The number of benzene rings is 1. The van der Waals surface area contributed by atoms with Crippen LogP contribution in [0.4, 0.5) is 5.82 Å². The Morgan fingerprint density at radius 1 is 1.32 bits per heavy atom. The molecule has 0 fully saturated rings. The zero-order valence-corrected chi connectivity index (χ0v) is 14.9. The average Bonchev–Trinajstić information content (AvgIpc) is 3.41. The number of aromatic nitrogens is 5. The lowest BCUT2D eigenvalue weighted by Crippen LogP contribution is -2.19. The highest BCUT2D eigenvalue weighted by Gasteiger charge is 2.25. The Morgan fingerprint density at radius 3 is 2.93 bits per heavy atom. The molecule has 0 aliphatic carbocycles. The van der Waals surface area contributed by atoms with E-state index in [1.54, 1.807) is 18.2 Å². The summed E-state index contributed by atoms with van der Waals surface area (Å²) in [6.45, 7) is 0. The van der Waals surface area contributed by atoms with Gasteiger partial charge in [0.1, 0.15) is 11.4 Å². The van der Waals surface area contributed by atoms with Gasteiger partial charge in [-0.3, -0.25) is 4.79 Å². The van der Waals surface area contributed by atoms with E-state index < -0.39 is 5.91 Å². The summed E-state index contributed by atoms with van der Waals surface area (Å²) in [6, 6.07) is 10.0. The third-order valence-corrected chi connectivity index (χ3v) is 4.46. The quantitative estimate of drug-likeness (QED) is 0.338. The van der Waals surface area contributed by atoms with Gasteiger partial charge in [0.2, 0.25) is 11.6 Å². The Hall–Kier alpha value is -4.06. The Kier molecular flexibility index (Phi) is 4.51. The van der Waals surface area contributed by atoms with Gasteiger partial charge in [-0.2, -0.15) is 9.78 Å². The minimum Gasteiger partial charge on any atom is -0.508 e. The highest BCUT2D eigenvalue weighted by Crippen LogP contribution is 2.29. The van der Waals surface area contributed by atoms with Crippen LogP contribution in [0.15, 0.2) is 51.5 Å².